The molecule has 0 fully saturated rings. The van der Waals surface area contributed by atoms with Crippen molar-refractivity contribution < 1.29 is 9.53 Å². The predicted molar refractivity (Wildman–Crippen MR) is 105 cm³/mol. The van der Waals surface area contributed by atoms with Gasteiger partial charge in [-0.05, 0) is 54.4 Å². The van der Waals surface area contributed by atoms with Crippen LogP contribution in [0.3, 0.4) is 0 Å². The second kappa shape index (κ2) is 8.10. The van der Waals surface area contributed by atoms with Crippen molar-refractivity contribution in [2.24, 2.45) is 35.0 Å². The highest BCUT2D eigenvalue weighted by molar-refractivity contribution is 5.72. The zero-order valence-electron chi connectivity index (χ0n) is 17.3. The van der Waals surface area contributed by atoms with Crippen LogP contribution >= 0.6 is 0 Å². The maximum absolute atomic E-state index is 12.4. The van der Waals surface area contributed by atoms with Crippen molar-refractivity contribution in [2.75, 3.05) is 0 Å². The molecule has 0 amide bonds. The summed E-state index contributed by atoms with van der Waals surface area (Å²) in [6.45, 7) is 15.7. The van der Waals surface area contributed by atoms with Crippen molar-refractivity contribution >= 4 is 5.97 Å². The van der Waals surface area contributed by atoms with Crippen LogP contribution in [0.25, 0.3) is 0 Å². The molecule has 0 radical (unpaired) electrons. The summed E-state index contributed by atoms with van der Waals surface area (Å²) in [6, 6.07) is 0. The molecule has 0 aromatic heterocycles. The minimum Gasteiger partial charge on any atom is -0.461 e. The van der Waals surface area contributed by atoms with E-state index in [9.17, 15) is 4.79 Å². The highest BCUT2D eigenvalue weighted by Crippen LogP contribution is 2.46. The molecule has 0 aliphatic heterocycles. The number of esters is 1. The average Bonchev–Trinajstić information content (AvgIpc) is 2.55. The monoisotopic (exact) mass is 346 g/mol. The molecule has 2 aliphatic carbocycles. The molecule has 2 rings (SSSR count). The lowest BCUT2D eigenvalue weighted by Crippen LogP contribution is -2.41. The molecule has 6 atom stereocenters. The van der Waals surface area contributed by atoms with Crippen LogP contribution in [0.4, 0.5) is 0 Å². The van der Waals surface area contributed by atoms with E-state index in [4.69, 9.17) is 4.74 Å². The molecule has 0 saturated carbocycles. The fraction of sp³-hybridized carbons (Fsp3) is 0.783. The Morgan fingerprint density at radius 2 is 2.00 bits per heavy atom. The molecule has 0 bridgehead atoms. The molecule has 2 nitrogen and oxygen atoms in total. The van der Waals surface area contributed by atoms with Crippen molar-refractivity contribution in [3.05, 3.63) is 23.8 Å². The maximum atomic E-state index is 12.4. The minimum atomic E-state index is -0.0152. The smallest absolute Gasteiger partial charge is 0.308 e. The molecular formula is C23H38O2. The molecule has 2 heteroatoms. The van der Waals surface area contributed by atoms with Gasteiger partial charge < -0.3 is 4.74 Å². The van der Waals surface area contributed by atoms with E-state index in [0.717, 1.165) is 19.3 Å². The number of rotatable bonds is 5. The number of allylic oxidation sites excluding steroid dienone is 3. The van der Waals surface area contributed by atoms with Crippen molar-refractivity contribution in [1.29, 1.82) is 0 Å². The summed E-state index contributed by atoms with van der Waals surface area (Å²) in [7, 11) is 0. The zero-order chi connectivity index (χ0) is 18.8. The third-order valence-corrected chi connectivity index (χ3v) is 6.73. The Morgan fingerprint density at radius 1 is 1.32 bits per heavy atom. The van der Waals surface area contributed by atoms with Gasteiger partial charge >= 0.3 is 5.97 Å². The first-order valence-corrected chi connectivity index (χ1v) is 10.2. The normalized spacial score (nSPS) is 31.7. The standard InChI is InChI=1S/C23H38O2/c1-8-15(2)22(24)25-20-11-9-10-18-13-12-16(3)19(21(18)20)14-17(4)23(5,6)7/h10,12-13,15-17,19-21H,8-9,11,14H2,1-7H3/t15-,16-,17+,19-,20-,21-/m0/s1. The van der Waals surface area contributed by atoms with Gasteiger partial charge in [0, 0.05) is 5.92 Å². The van der Waals surface area contributed by atoms with E-state index in [0.29, 0.717) is 29.1 Å². The van der Waals surface area contributed by atoms with E-state index in [1.807, 2.05) is 6.92 Å². The number of hydrogen-bond donors (Lipinski definition) is 0. The van der Waals surface area contributed by atoms with E-state index >= 15 is 0 Å². The first kappa shape index (κ1) is 20.3. The Hall–Kier alpha value is -1.05. The lowest BCUT2D eigenvalue weighted by molar-refractivity contribution is -0.158. The SMILES string of the molecule is CC[C@H](C)C(=O)O[C@H]1CCC=C2C=C[C@H](C)[C@H](C[C@@H](C)C(C)(C)C)[C@H]21. The molecule has 0 saturated heterocycles. The Labute approximate surface area is 155 Å². The van der Waals surface area contributed by atoms with Crippen LogP contribution in [0.1, 0.15) is 74.1 Å². The van der Waals surface area contributed by atoms with Crippen LogP contribution in [-0.4, -0.2) is 12.1 Å². The first-order valence-electron chi connectivity index (χ1n) is 10.2. The van der Waals surface area contributed by atoms with Gasteiger partial charge in [-0.3, -0.25) is 4.79 Å². The molecule has 142 valence electrons. The second-order valence-electron chi connectivity index (χ2n) is 9.48. The Balaban J connectivity index is 2.22. The fourth-order valence-electron chi connectivity index (χ4n) is 4.07. The van der Waals surface area contributed by atoms with Gasteiger partial charge in [-0.2, -0.15) is 0 Å². The summed E-state index contributed by atoms with van der Waals surface area (Å²) < 4.78 is 6.05. The highest BCUT2D eigenvalue weighted by atomic mass is 16.5. The minimum absolute atomic E-state index is 0.00198. The Kier molecular flexibility index (Phi) is 6.56. The van der Waals surface area contributed by atoms with Gasteiger partial charge in [0.1, 0.15) is 6.10 Å². The molecule has 0 aromatic carbocycles. The average molecular weight is 347 g/mol. The van der Waals surface area contributed by atoms with Crippen molar-refractivity contribution in [3.63, 3.8) is 0 Å². The highest BCUT2D eigenvalue weighted by Gasteiger charge is 2.41. The summed E-state index contributed by atoms with van der Waals surface area (Å²) in [6.07, 6.45) is 11.1. The van der Waals surface area contributed by atoms with E-state index in [2.05, 4.69) is 59.8 Å². The molecule has 0 unspecified atom stereocenters. The van der Waals surface area contributed by atoms with Gasteiger partial charge in [0.25, 0.3) is 0 Å². The van der Waals surface area contributed by atoms with Crippen molar-refractivity contribution in [2.45, 2.75) is 80.3 Å². The van der Waals surface area contributed by atoms with E-state index in [-0.39, 0.29) is 18.0 Å². The molecular weight excluding hydrogens is 308 g/mol. The zero-order valence-corrected chi connectivity index (χ0v) is 17.3. The van der Waals surface area contributed by atoms with Crippen LogP contribution in [0.15, 0.2) is 23.8 Å². The maximum Gasteiger partial charge on any atom is 0.308 e. The Bertz CT molecular complexity index is 523. The largest absolute Gasteiger partial charge is 0.461 e. The lowest BCUT2D eigenvalue weighted by Gasteiger charge is -2.44. The van der Waals surface area contributed by atoms with Crippen LogP contribution in [0.2, 0.25) is 0 Å². The summed E-state index contributed by atoms with van der Waals surface area (Å²) >= 11 is 0. The van der Waals surface area contributed by atoms with Gasteiger partial charge in [-0.25, -0.2) is 0 Å². The summed E-state index contributed by atoms with van der Waals surface area (Å²) in [5, 5.41) is 0. The topological polar surface area (TPSA) is 26.3 Å². The number of carbonyl (C=O) groups is 1. The number of carbonyl (C=O) groups excluding carboxylic acids is 1. The second-order valence-corrected chi connectivity index (χ2v) is 9.48. The number of hydrogen-bond acceptors (Lipinski definition) is 2. The third kappa shape index (κ3) is 4.77. The third-order valence-electron chi connectivity index (χ3n) is 6.73. The molecule has 0 heterocycles. The molecule has 25 heavy (non-hydrogen) atoms. The lowest BCUT2D eigenvalue weighted by atomic mass is 9.63. The van der Waals surface area contributed by atoms with Gasteiger partial charge in [0.05, 0.1) is 5.92 Å². The van der Waals surface area contributed by atoms with Gasteiger partial charge in [-0.1, -0.05) is 66.7 Å². The van der Waals surface area contributed by atoms with Gasteiger partial charge in [-0.15, -0.1) is 0 Å². The Morgan fingerprint density at radius 3 is 2.60 bits per heavy atom. The van der Waals surface area contributed by atoms with E-state index < -0.39 is 0 Å². The van der Waals surface area contributed by atoms with Gasteiger partial charge in [0.2, 0.25) is 0 Å². The van der Waals surface area contributed by atoms with E-state index in [1.165, 1.54) is 12.0 Å². The molecule has 2 aliphatic rings. The van der Waals surface area contributed by atoms with Crippen LogP contribution < -0.4 is 0 Å². The van der Waals surface area contributed by atoms with E-state index in [1.54, 1.807) is 0 Å². The summed E-state index contributed by atoms with van der Waals surface area (Å²) in [5.74, 6) is 2.08. The van der Waals surface area contributed by atoms with Crippen LogP contribution in [0, 0.1) is 35.0 Å². The number of ether oxygens (including phenoxy) is 1. The molecule has 0 spiro atoms. The summed E-state index contributed by atoms with van der Waals surface area (Å²) in [4.78, 5) is 12.4. The van der Waals surface area contributed by atoms with Crippen LogP contribution in [0.5, 0.6) is 0 Å². The van der Waals surface area contributed by atoms with Crippen LogP contribution in [-0.2, 0) is 9.53 Å². The quantitative estimate of drug-likeness (QED) is 0.556. The number of fused-ring (bicyclic) bond motifs is 1. The predicted octanol–water partition coefficient (Wildman–Crippen LogP) is 6.18. The molecule has 0 N–H and O–H groups in total. The molecule has 0 aromatic rings. The van der Waals surface area contributed by atoms with Crippen molar-refractivity contribution in [1.82, 2.24) is 0 Å². The first-order chi connectivity index (χ1) is 11.6. The van der Waals surface area contributed by atoms with Gasteiger partial charge in [0.15, 0.2) is 0 Å². The fourth-order valence-corrected chi connectivity index (χ4v) is 4.07. The van der Waals surface area contributed by atoms with Crippen molar-refractivity contribution in [3.8, 4) is 0 Å². The summed E-state index contributed by atoms with van der Waals surface area (Å²) in [5.41, 5.74) is 1.71.